The minimum atomic E-state index is -0.930. The molecule has 3 aliphatic rings. The molecule has 0 saturated heterocycles. The maximum atomic E-state index is 12.8. The number of aryl methyl sites for hydroxylation is 2. The molecule has 1 aromatic carbocycles. The number of carbonyl (C=O) groups excluding carboxylic acids is 1. The van der Waals surface area contributed by atoms with E-state index in [-0.39, 0.29) is 18.2 Å². The van der Waals surface area contributed by atoms with Gasteiger partial charge in [-0.2, -0.15) is 0 Å². The number of anilines is 1. The topological polar surface area (TPSA) is 101 Å². The average Bonchev–Trinajstić information content (AvgIpc) is 3.25. The van der Waals surface area contributed by atoms with Gasteiger partial charge in [0.15, 0.2) is 0 Å². The molecular weight excluding hydrogens is 418 g/mol. The van der Waals surface area contributed by atoms with Crippen LogP contribution in [-0.2, 0) is 28.9 Å². The van der Waals surface area contributed by atoms with Gasteiger partial charge in [-0.05, 0) is 73.3 Å². The number of hydrogen-bond acceptors (Lipinski definition) is 5. The molecule has 1 aliphatic carbocycles. The summed E-state index contributed by atoms with van der Waals surface area (Å²) < 4.78 is 5.62. The van der Waals surface area contributed by atoms with Gasteiger partial charge in [-0.3, -0.25) is 9.59 Å². The lowest BCUT2D eigenvalue weighted by Gasteiger charge is -2.35. The van der Waals surface area contributed by atoms with Gasteiger partial charge in [0.25, 0.3) is 0 Å². The molecule has 1 atom stereocenters. The zero-order valence-corrected chi connectivity index (χ0v) is 18.8. The number of ether oxygens (including phenoxy) is 1. The summed E-state index contributed by atoms with van der Waals surface area (Å²) >= 11 is 0. The number of aliphatic carboxylic acids is 1. The smallest absolute Gasteiger partial charge is 0.305 e. The first-order valence-electron chi connectivity index (χ1n) is 12.1. The molecule has 1 amide bonds. The minimum absolute atomic E-state index is 0.0462. The number of fused-ring (bicyclic) bond motifs is 2. The van der Waals surface area contributed by atoms with Crippen molar-refractivity contribution in [3.05, 3.63) is 52.7 Å². The Morgan fingerprint density at radius 2 is 2.03 bits per heavy atom. The summed E-state index contributed by atoms with van der Waals surface area (Å²) in [6.07, 6.45) is 6.62. The van der Waals surface area contributed by atoms with E-state index in [4.69, 9.17) is 9.72 Å². The van der Waals surface area contributed by atoms with Crippen LogP contribution in [0.25, 0.3) is 0 Å². The number of carboxylic acids is 1. The van der Waals surface area contributed by atoms with Gasteiger partial charge in [-0.25, -0.2) is 4.98 Å². The van der Waals surface area contributed by atoms with E-state index in [0.717, 1.165) is 79.9 Å². The molecule has 0 spiro atoms. The van der Waals surface area contributed by atoms with E-state index in [0.29, 0.717) is 12.5 Å². The molecule has 174 valence electrons. The third-order valence-corrected chi connectivity index (χ3v) is 7.18. The summed E-state index contributed by atoms with van der Waals surface area (Å²) in [5.74, 6) is 1.32. The van der Waals surface area contributed by atoms with Crippen molar-refractivity contribution in [2.24, 2.45) is 11.8 Å². The van der Waals surface area contributed by atoms with E-state index in [1.165, 1.54) is 5.56 Å². The highest BCUT2D eigenvalue weighted by Crippen LogP contribution is 2.38. The number of benzene rings is 1. The van der Waals surface area contributed by atoms with Crippen molar-refractivity contribution in [1.29, 1.82) is 0 Å². The lowest BCUT2D eigenvalue weighted by Crippen LogP contribution is -2.41. The monoisotopic (exact) mass is 449 g/mol. The predicted octanol–water partition coefficient (Wildman–Crippen LogP) is 3.67. The molecule has 0 unspecified atom stereocenters. The normalized spacial score (nSPS) is 21.6. The number of amides is 1. The molecule has 7 heteroatoms. The number of nitrogens with zero attached hydrogens (tertiary/aromatic N) is 1. The molecule has 0 radical (unpaired) electrons. The Kier molecular flexibility index (Phi) is 6.20. The van der Waals surface area contributed by atoms with Crippen LogP contribution in [0.15, 0.2) is 30.3 Å². The van der Waals surface area contributed by atoms with Gasteiger partial charge >= 0.3 is 5.97 Å². The minimum Gasteiger partial charge on any atom is -0.493 e. The fourth-order valence-corrected chi connectivity index (χ4v) is 5.16. The van der Waals surface area contributed by atoms with Crippen molar-refractivity contribution in [3.8, 4) is 5.75 Å². The standard InChI is InChI=1S/C26H31N3O4/c30-24(31)15-22(19-5-4-17-9-11-33-23(17)14-19)29-26(32)20-12-16(13-20)3-7-21-8-6-18-2-1-10-27-25(18)28-21/h4-6,8,14,16,20,22H,1-3,7,9-13,15H2,(H,27,28)(H,29,32)(H,30,31)/t16-,20+,22-/m0/s1. The van der Waals surface area contributed by atoms with Crippen LogP contribution in [-0.4, -0.2) is 35.1 Å². The van der Waals surface area contributed by atoms with E-state index in [2.05, 4.69) is 22.8 Å². The number of carbonyl (C=O) groups is 2. The molecule has 1 aromatic heterocycles. The van der Waals surface area contributed by atoms with E-state index in [9.17, 15) is 14.7 Å². The van der Waals surface area contributed by atoms with E-state index in [1.54, 1.807) is 0 Å². The third kappa shape index (κ3) is 4.97. The van der Waals surface area contributed by atoms with Crippen LogP contribution in [0.4, 0.5) is 5.82 Å². The Morgan fingerprint density at radius 1 is 1.18 bits per heavy atom. The fraction of sp³-hybridized carbons (Fsp3) is 0.500. The number of rotatable bonds is 8. The number of carboxylic acid groups (broad SMARTS) is 1. The SMILES string of the molecule is O=C(O)C[C@H](NC(=O)[C@H]1C[C@@H](CCc2ccc3c(n2)NCCC3)C1)c1ccc2c(c1)OCC2. The summed E-state index contributed by atoms with van der Waals surface area (Å²) in [4.78, 5) is 29.0. The molecule has 0 bridgehead atoms. The van der Waals surface area contributed by atoms with E-state index >= 15 is 0 Å². The lowest BCUT2D eigenvalue weighted by molar-refractivity contribution is -0.138. The zero-order chi connectivity index (χ0) is 22.8. The first-order chi connectivity index (χ1) is 16.0. The average molecular weight is 450 g/mol. The summed E-state index contributed by atoms with van der Waals surface area (Å²) in [5, 5.41) is 15.7. The second kappa shape index (κ2) is 9.41. The van der Waals surface area contributed by atoms with Crippen LogP contribution < -0.4 is 15.4 Å². The summed E-state index contributed by atoms with van der Waals surface area (Å²) in [7, 11) is 0. The summed E-state index contributed by atoms with van der Waals surface area (Å²) in [6.45, 7) is 1.64. The highest BCUT2D eigenvalue weighted by atomic mass is 16.5. The molecule has 2 aromatic rings. The van der Waals surface area contributed by atoms with E-state index in [1.807, 2.05) is 18.2 Å². The van der Waals surface area contributed by atoms with Gasteiger partial charge in [0.05, 0.1) is 19.1 Å². The maximum absolute atomic E-state index is 12.8. The number of nitrogens with one attached hydrogen (secondary N) is 2. The first-order valence-corrected chi connectivity index (χ1v) is 12.1. The highest BCUT2D eigenvalue weighted by molar-refractivity contribution is 5.81. The second-order valence-corrected chi connectivity index (χ2v) is 9.54. The third-order valence-electron chi connectivity index (χ3n) is 7.18. The molecule has 7 nitrogen and oxygen atoms in total. The van der Waals surface area contributed by atoms with Gasteiger partial charge in [0.2, 0.25) is 5.91 Å². The van der Waals surface area contributed by atoms with Gasteiger partial charge in [0, 0.05) is 24.6 Å². The van der Waals surface area contributed by atoms with Crippen LogP contribution >= 0.6 is 0 Å². The zero-order valence-electron chi connectivity index (χ0n) is 18.8. The van der Waals surface area contributed by atoms with Crippen LogP contribution in [0.2, 0.25) is 0 Å². The molecule has 3 N–H and O–H groups in total. The van der Waals surface area contributed by atoms with Crippen LogP contribution in [0.1, 0.15) is 60.5 Å². The molecule has 3 heterocycles. The second-order valence-electron chi connectivity index (χ2n) is 9.54. The molecule has 33 heavy (non-hydrogen) atoms. The Balaban J connectivity index is 1.13. The van der Waals surface area contributed by atoms with Crippen molar-refractivity contribution < 1.29 is 19.4 Å². The van der Waals surface area contributed by atoms with Crippen molar-refractivity contribution >= 4 is 17.7 Å². The molecular formula is C26H31N3O4. The lowest BCUT2D eigenvalue weighted by atomic mass is 9.72. The Labute approximate surface area is 193 Å². The molecule has 1 saturated carbocycles. The Morgan fingerprint density at radius 3 is 2.88 bits per heavy atom. The molecule has 1 fully saturated rings. The van der Waals surface area contributed by atoms with Gasteiger partial charge in [0.1, 0.15) is 11.6 Å². The van der Waals surface area contributed by atoms with Gasteiger partial charge < -0.3 is 20.5 Å². The van der Waals surface area contributed by atoms with Crippen LogP contribution in [0.3, 0.4) is 0 Å². The number of aromatic nitrogens is 1. The van der Waals surface area contributed by atoms with Crippen LogP contribution in [0, 0.1) is 11.8 Å². The van der Waals surface area contributed by atoms with Crippen LogP contribution in [0.5, 0.6) is 5.75 Å². The quantitative estimate of drug-likeness (QED) is 0.569. The number of pyridine rings is 1. The van der Waals surface area contributed by atoms with Crippen molar-refractivity contribution in [2.75, 3.05) is 18.5 Å². The number of hydrogen-bond donors (Lipinski definition) is 3. The molecule has 2 aliphatic heterocycles. The molecule has 5 rings (SSSR count). The highest BCUT2D eigenvalue weighted by Gasteiger charge is 2.35. The van der Waals surface area contributed by atoms with Gasteiger partial charge in [-0.1, -0.05) is 18.2 Å². The summed E-state index contributed by atoms with van der Waals surface area (Å²) in [6, 6.07) is 9.53. The largest absolute Gasteiger partial charge is 0.493 e. The first kappa shape index (κ1) is 21.7. The van der Waals surface area contributed by atoms with Crippen molar-refractivity contribution in [1.82, 2.24) is 10.3 Å². The predicted molar refractivity (Wildman–Crippen MR) is 124 cm³/mol. The maximum Gasteiger partial charge on any atom is 0.305 e. The summed E-state index contributed by atoms with van der Waals surface area (Å²) in [5.41, 5.74) is 4.33. The fourth-order valence-electron chi connectivity index (χ4n) is 5.16. The Bertz CT molecular complexity index is 1050. The van der Waals surface area contributed by atoms with Gasteiger partial charge in [-0.15, -0.1) is 0 Å². The van der Waals surface area contributed by atoms with E-state index < -0.39 is 12.0 Å². The van der Waals surface area contributed by atoms with Crippen molar-refractivity contribution in [3.63, 3.8) is 0 Å². The Hall–Kier alpha value is -3.09. The van der Waals surface area contributed by atoms with Crippen molar-refractivity contribution in [2.45, 2.75) is 57.4 Å².